The molecule has 1 aromatic heterocycles. The molecule has 0 amide bonds. The van der Waals surface area contributed by atoms with Gasteiger partial charge in [-0.3, -0.25) is 0 Å². The fourth-order valence-corrected chi connectivity index (χ4v) is 5.54. The fourth-order valence-electron chi connectivity index (χ4n) is 2.20. The number of hydrogen-bond acceptors (Lipinski definition) is 3. The maximum absolute atomic E-state index is 14.4. The first-order valence-electron chi connectivity index (χ1n) is 6.15. The minimum absolute atomic E-state index is 0.419. The van der Waals surface area contributed by atoms with Gasteiger partial charge in [-0.15, -0.1) is 0 Å². The summed E-state index contributed by atoms with van der Waals surface area (Å²) >= 11 is 1.04. The Morgan fingerprint density at radius 1 is 1.05 bits per heavy atom. The van der Waals surface area contributed by atoms with Crippen molar-refractivity contribution in [3.8, 4) is 0 Å². The van der Waals surface area contributed by atoms with Crippen molar-refractivity contribution in [2.24, 2.45) is 0 Å². The summed E-state index contributed by atoms with van der Waals surface area (Å²) in [6.07, 6.45) is 0. The van der Waals surface area contributed by atoms with Crippen LogP contribution in [0.3, 0.4) is 0 Å². The van der Waals surface area contributed by atoms with Crippen LogP contribution in [-0.2, 0) is 6.04 Å². The van der Waals surface area contributed by atoms with E-state index in [9.17, 15) is 8.78 Å². The third-order valence-electron chi connectivity index (χ3n) is 2.97. The first-order valence-corrected chi connectivity index (χ1v) is 13.1. The van der Waals surface area contributed by atoms with Gasteiger partial charge in [-0.2, -0.15) is 8.75 Å². The summed E-state index contributed by atoms with van der Waals surface area (Å²) in [6.45, 7) is 10.2. The maximum Gasteiger partial charge on any atom is 0.163 e. The monoisotopic (exact) mass is 315 g/mol. The molecule has 2 aromatic rings. The predicted octanol–water partition coefficient (Wildman–Crippen LogP) is 3.35. The minimum Gasteiger partial charge on any atom is -0.204 e. The molecule has 1 aromatic carbocycles. The molecule has 0 unspecified atom stereocenters. The smallest absolute Gasteiger partial charge is 0.163 e. The largest absolute Gasteiger partial charge is 0.204 e. The Labute approximate surface area is 118 Å². The standard InChI is InChI=1S/C12H17F2N2SSi2/c1-18(2)6-7-8(13)9(14)12(19(3,4)5)11-10(7)15-17-16-11/h6H2,1-5H3. The normalized spacial score (nSPS) is 12.6. The van der Waals surface area contributed by atoms with Crippen LogP contribution in [0.25, 0.3) is 11.0 Å². The lowest BCUT2D eigenvalue weighted by molar-refractivity contribution is 0.509. The highest BCUT2D eigenvalue weighted by atomic mass is 32.1. The van der Waals surface area contributed by atoms with Gasteiger partial charge in [0.15, 0.2) is 11.6 Å². The predicted molar refractivity (Wildman–Crippen MR) is 81.5 cm³/mol. The molecule has 0 saturated heterocycles. The van der Waals surface area contributed by atoms with Gasteiger partial charge >= 0.3 is 0 Å². The Kier molecular flexibility index (Phi) is 3.90. The van der Waals surface area contributed by atoms with Crippen LogP contribution in [0.2, 0.25) is 32.7 Å². The van der Waals surface area contributed by atoms with E-state index in [0.717, 1.165) is 11.7 Å². The molecule has 0 saturated carbocycles. The van der Waals surface area contributed by atoms with E-state index in [0.29, 0.717) is 27.8 Å². The molecular weight excluding hydrogens is 298 g/mol. The van der Waals surface area contributed by atoms with E-state index in [4.69, 9.17) is 0 Å². The van der Waals surface area contributed by atoms with Crippen LogP contribution in [0.4, 0.5) is 8.78 Å². The number of rotatable bonds is 3. The van der Waals surface area contributed by atoms with Gasteiger partial charge in [0, 0.05) is 19.5 Å². The van der Waals surface area contributed by atoms with Gasteiger partial charge in [-0.05, 0) is 6.04 Å². The molecule has 0 aliphatic rings. The molecule has 0 atom stereocenters. The molecule has 0 fully saturated rings. The molecule has 0 spiro atoms. The lowest BCUT2D eigenvalue weighted by Crippen LogP contribution is -2.41. The van der Waals surface area contributed by atoms with Crippen molar-refractivity contribution in [1.29, 1.82) is 0 Å². The van der Waals surface area contributed by atoms with Crippen LogP contribution in [0.5, 0.6) is 0 Å². The van der Waals surface area contributed by atoms with E-state index in [2.05, 4.69) is 21.8 Å². The van der Waals surface area contributed by atoms with Crippen molar-refractivity contribution >= 4 is 44.8 Å². The lowest BCUT2D eigenvalue weighted by Gasteiger charge is -2.20. The van der Waals surface area contributed by atoms with Crippen LogP contribution >= 0.6 is 11.7 Å². The molecule has 0 bridgehead atoms. The summed E-state index contributed by atoms with van der Waals surface area (Å²) in [5.41, 5.74) is 1.58. The summed E-state index contributed by atoms with van der Waals surface area (Å²) < 4.78 is 37.2. The summed E-state index contributed by atoms with van der Waals surface area (Å²) in [7, 11) is -2.70. The molecule has 1 radical (unpaired) electrons. The molecule has 2 rings (SSSR count). The van der Waals surface area contributed by atoms with Crippen LogP contribution in [0.15, 0.2) is 0 Å². The van der Waals surface area contributed by atoms with Gasteiger partial charge in [0.2, 0.25) is 0 Å². The van der Waals surface area contributed by atoms with E-state index in [1.165, 1.54) is 0 Å². The number of nitrogens with zero attached hydrogens (tertiary/aromatic N) is 2. The summed E-state index contributed by atoms with van der Waals surface area (Å²) in [6, 6.07) is 0.585. The zero-order chi connectivity index (χ0) is 14.4. The van der Waals surface area contributed by atoms with Crippen LogP contribution in [-0.4, -0.2) is 25.6 Å². The summed E-state index contributed by atoms with van der Waals surface area (Å²) in [4.78, 5) is 0. The van der Waals surface area contributed by atoms with Gasteiger partial charge in [-0.25, -0.2) is 8.78 Å². The van der Waals surface area contributed by atoms with Crippen LogP contribution < -0.4 is 5.19 Å². The third-order valence-corrected chi connectivity index (χ3v) is 6.51. The molecule has 19 heavy (non-hydrogen) atoms. The van der Waals surface area contributed by atoms with Crippen molar-refractivity contribution in [2.75, 3.05) is 0 Å². The molecule has 1 heterocycles. The van der Waals surface area contributed by atoms with E-state index >= 15 is 0 Å². The highest BCUT2D eigenvalue weighted by Gasteiger charge is 2.30. The molecule has 0 aliphatic heterocycles. The van der Waals surface area contributed by atoms with E-state index < -0.39 is 28.5 Å². The van der Waals surface area contributed by atoms with Crippen molar-refractivity contribution in [3.63, 3.8) is 0 Å². The second-order valence-corrected chi connectivity index (χ2v) is 14.4. The Morgan fingerprint density at radius 3 is 2.16 bits per heavy atom. The van der Waals surface area contributed by atoms with Crippen LogP contribution in [0, 0.1) is 11.6 Å². The molecule has 2 nitrogen and oxygen atoms in total. The van der Waals surface area contributed by atoms with E-state index in [1.54, 1.807) is 0 Å². The zero-order valence-corrected chi connectivity index (χ0v) is 14.6. The molecule has 7 heteroatoms. The molecular formula is C12H17F2N2SSi2. The van der Waals surface area contributed by atoms with E-state index in [-0.39, 0.29) is 0 Å². The van der Waals surface area contributed by atoms with Gasteiger partial charge in [0.25, 0.3) is 0 Å². The number of fused-ring (bicyclic) bond motifs is 1. The van der Waals surface area contributed by atoms with Crippen molar-refractivity contribution in [1.82, 2.24) is 8.75 Å². The van der Waals surface area contributed by atoms with Crippen molar-refractivity contribution < 1.29 is 8.78 Å². The number of aromatic nitrogens is 2. The van der Waals surface area contributed by atoms with Gasteiger partial charge in [0.05, 0.1) is 19.8 Å². The van der Waals surface area contributed by atoms with Gasteiger partial charge in [-0.1, -0.05) is 32.7 Å². The topological polar surface area (TPSA) is 25.8 Å². The second-order valence-electron chi connectivity index (χ2n) is 6.08. The average Bonchev–Trinajstić information content (AvgIpc) is 2.70. The second kappa shape index (κ2) is 5.03. The Hall–Kier alpha value is -0.666. The van der Waals surface area contributed by atoms with Crippen molar-refractivity contribution in [3.05, 3.63) is 17.2 Å². The van der Waals surface area contributed by atoms with Crippen molar-refractivity contribution in [2.45, 2.75) is 38.8 Å². The number of hydrogen-bond donors (Lipinski definition) is 0. The minimum atomic E-state index is -2.00. The fraction of sp³-hybridized carbons (Fsp3) is 0.500. The Bertz CT molecular complexity index is 620. The Balaban J connectivity index is 2.82. The molecule has 0 N–H and O–H groups in total. The zero-order valence-electron chi connectivity index (χ0n) is 11.8. The Morgan fingerprint density at radius 2 is 1.63 bits per heavy atom. The van der Waals surface area contributed by atoms with Gasteiger partial charge in [0.1, 0.15) is 11.0 Å². The third kappa shape index (κ3) is 2.63. The van der Waals surface area contributed by atoms with Crippen LogP contribution in [0.1, 0.15) is 5.56 Å². The first kappa shape index (κ1) is 14.7. The quantitative estimate of drug-likeness (QED) is 0.812. The molecule has 103 valence electrons. The SMILES string of the molecule is C[Si](C)Cc1c(F)c(F)c([Si](C)(C)C)c2nsnc12. The lowest BCUT2D eigenvalue weighted by atomic mass is 10.2. The maximum atomic E-state index is 14.4. The highest BCUT2D eigenvalue weighted by Crippen LogP contribution is 2.25. The summed E-state index contributed by atoms with van der Waals surface area (Å²) in [5, 5.41) is 0.471. The molecule has 0 aliphatic carbocycles. The number of benzene rings is 1. The highest BCUT2D eigenvalue weighted by molar-refractivity contribution is 7.00. The first-order chi connectivity index (χ1) is 8.73. The van der Waals surface area contributed by atoms with Gasteiger partial charge < -0.3 is 0 Å². The van der Waals surface area contributed by atoms with E-state index in [1.807, 2.05) is 19.6 Å². The number of halogens is 2. The average molecular weight is 316 g/mol. The summed E-state index contributed by atoms with van der Waals surface area (Å²) in [5.74, 6) is -1.40.